The van der Waals surface area contributed by atoms with Crippen LogP contribution in [-0.2, 0) is 0 Å². The van der Waals surface area contributed by atoms with Crippen molar-refractivity contribution in [1.29, 1.82) is 0 Å². The molecule has 0 fully saturated rings. The molecule has 0 unspecified atom stereocenters. The average Bonchev–Trinajstić information content (AvgIpc) is 2.16. The molecule has 0 spiro atoms. The largest absolute Gasteiger partial charge is 0.396 e. The SMILES string of the molecule is NC(=O)c1c(F)cc(Br)cc1NCCCO. The highest BCUT2D eigenvalue weighted by Crippen LogP contribution is 2.24. The molecule has 0 radical (unpaired) electrons. The highest BCUT2D eigenvalue weighted by atomic mass is 79.9. The molecule has 0 aliphatic rings. The summed E-state index contributed by atoms with van der Waals surface area (Å²) in [7, 11) is 0. The first-order valence-corrected chi connectivity index (χ1v) is 5.49. The zero-order valence-corrected chi connectivity index (χ0v) is 10.1. The quantitative estimate of drug-likeness (QED) is 0.719. The number of hydrogen-bond donors (Lipinski definition) is 3. The van der Waals surface area contributed by atoms with Crippen LogP contribution < -0.4 is 11.1 Å². The monoisotopic (exact) mass is 290 g/mol. The van der Waals surface area contributed by atoms with Crippen LogP contribution in [0.3, 0.4) is 0 Å². The van der Waals surface area contributed by atoms with Crippen molar-refractivity contribution in [2.24, 2.45) is 5.73 Å². The maximum atomic E-state index is 13.5. The molecule has 1 aromatic carbocycles. The molecule has 0 aromatic heterocycles. The third-order valence-corrected chi connectivity index (χ3v) is 2.41. The fourth-order valence-corrected chi connectivity index (χ4v) is 1.70. The zero-order valence-electron chi connectivity index (χ0n) is 8.46. The molecule has 1 aromatic rings. The van der Waals surface area contributed by atoms with Gasteiger partial charge in [0.05, 0.1) is 11.3 Å². The lowest BCUT2D eigenvalue weighted by molar-refractivity contribution is 0.0997. The van der Waals surface area contributed by atoms with E-state index in [9.17, 15) is 9.18 Å². The van der Waals surface area contributed by atoms with E-state index in [0.717, 1.165) is 0 Å². The summed E-state index contributed by atoms with van der Waals surface area (Å²) in [5, 5.41) is 11.5. The summed E-state index contributed by atoms with van der Waals surface area (Å²) in [5.74, 6) is -1.50. The summed E-state index contributed by atoms with van der Waals surface area (Å²) in [6.07, 6.45) is 0.506. The lowest BCUT2D eigenvalue weighted by Gasteiger charge is -2.10. The van der Waals surface area contributed by atoms with Crippen LogP contribution in [0.2, 0.25) is 0 Å². The van der Waals surface area contributed by atoms with Crippen molar-refractivity contribution in [1.82, 2.24) is 0 Å². The van der Waals surface area contributed by atoms with Crippen LogP contribution in [0.1, 0.15) is 16.8 Å². The Balaban J connectivity index is 2.99. The van der Waals surface area contributed by atoms with E-state index in [2.05, 4.69) is 21.2 Å². The molecule has 0 aliphatic heterocycles. The molecular formula is C10H12BrFN2O2. The van der Waals surface area contributed by atoms with Crippen molar-refractivity contribution in [2.75, 3.05) is 18.5 Å². The van der Waals surface area contributed by atoms with E-state index in [1.165, 1.54) is 6.07 Å². The van der Waals surface area contributed by atoms with Crippen molar-refractivity contribution in [3.8, 4) is 0 Å². The predicted molar refractivity (Wildman–Crippen MR) is 62.8 cm³/mol. The van der Waals surface area contributed by atoms with Gasteiger partial charge in [-0.25, -0.2) is 4.39 Å². The topological polar surface area (TPSA) is 75.4 Å². The van der Waals surface area contributed by atoms with Gasteiger partial charge in [-0.2, -0.15) is 0 Å². The van der Waals surface area contributed by atoms with Crippen LogP contribution in [0.5, 0.6) is 0 Å². The van der Waals surface area contributed by atoms with Gasteiger partial charge in [0.25, 0.3) is 5.91 Å². The number of aliphatic hydroxyl groups is 1. The molecule has 88 valence electrons. The summed E-state index contributed by atoms with van der Waals surface area (Å²) in [6, 6.07) is 2.75. The Morgan fingerprint density at radius 2 is 2.25 bits per heavy atom. The summed E-state index contributed by atoms with van der Waals surface area (Å²) in [6.45, 7) is 0.460. The Kier molecular flexibility index (Phi) is 4.70. The van der Waals surface area contributed by atoms with Gasteiger partial charge in [0.1, 0.15) is 5.82 Å². The number of anilines is 1. The number of aliphatic hydroxyl groups excluding tert-OH is 1. The predicted octanol–water partition coefficient (Wildman–Crippen LogP) is 1.48. The molecule has 6 heteroatoms. The van der Waals surface area contributed by atoms with Gasteiger partial charge < -0.3 is 16.2 Å². The van der Waals surface area contributed by atoms with Gasteiger partial charge >= 0.3 is 0 Å². The zero-order chi connectivity index (χ0) is 12.1. The fourth-order valence-electron chi connectivity index (χ4n) is 1.27. The number of rotatable bonds is 5. The van der Waals surface area contributed by atoms with Crippen molar-refractivity contribution < 1.29 is 14.3 Å². The van der Waals surface area contributed by atoms with Crippen molar-refractivity contribution in [3.63, 3.8) is 0 Å². The standard InChI is InChI=1S/C10H12BrFN2O2/c11-6-4-7(12)9(10(13)16)8(5-6)14-2-1-3-15/h4-5,14-15H,1-3H2,(H2,13,16). The number of carbonyl (C=O) groups is 1. The molecular weight excluding hydrogens is 279 g/mol. The average molecular weight is 291 g/mol. The molecule has 0 saturated heterocycles. The second kappa shape index (κ2) is 5.81. The van der Waals surface area contributed by atoms with Gasteiger partial charge in [0.2, 0.25) is 0 Å². The Labute approximate surface area is 101 Å². The Bertz CT molecular complexity index is 399. The fraction of sp³-hybridized carbons (Fsp3) is 0.300. The molecule has 0 aliphatic carbocycles. The van der Waals surface area contributed by atoms with Crippen molar-refractivity contribution in [3.05, 3.63) is 28.0 Å². The van der Waals surface area contributed by atoms with Gasteiger partial charge in [-0.3, -0.25) is 4.79 Å². The van der Waals surface area contributed by atoms with E-state index in [4.69, 9.17) is 10.8 Å². The molecule has 0 bridgehead atoms. The molecule has 1 amide bonds. The molecule has 4 N–H and O–H groups in total. The highest BCUT2D eigenvalue weighted by molar-refractivity contribution is 9.10. The molecule has 0 saturated carbocycles. The van der Waals surface area contributed by atoms with Gasteiger partial charge in [-0.05, 0) is 18.6 Å². The van der Waals surface area contributed by atoms with Gasteiger partial charge in [0.15, 0.2) is 0 Å². The number of nitrogens with two attached hydrogens (primary N) is 1. The van der Waals surface area contributed by atoms with E-state index in [0.29, 0.717) is 23.1 Å². The van der Waals surface area contributed by atoms with Crippen LogP contribution in [0, 0.1) is 5.82 Å². The molecule has 16 heavy (non-hydrogen) atoms. The van der Waals surface area contributed by atoms with Crippen LogP contribution >= 0.6 is 15.9 Å². The maximum Gasteiger partial charge on any atom is 0.253 e. The van der Waals surface area contributed by atoms with E-state index in [1.807, 2.05) is 0 Å². The minimum Gasteiger partial charge on any atom is -0.396 e. The lowest BCUT2D eigenvalue weighted by Crippen LogP contribution is -2.17. The first-order chi connectivity index (χ1) is 7.56. The molecule has 0 heterocycles. The molecule has 0 atom stereocenters. The number of primary amides is 1. The second-order valence-electron chi connectivity index (χ2n) is 3.18. The summed E-state index contributed by atoms with van der Waals surface area (Å²) in [5.41, 5.74) is 5.25. The number of nitrogens with one attached hydrogen (secondary N) is 1. The number of carbonyl (C=O) groups excluding carboxylic acids is 1. The number of hydrogen-bond acceptors (Lipinski definition) is 3. The first-order valence-electron chi connectivity index (χ1n) is 4.70. The number of benzene rings is 1. The van der Waals surface area contributed by atoms with Crippen molar-refractivity contribution >= 4 is 27.5 Å². The Morgan fingerprint density at radius 1 is 1.56 bits per heavy atom. The molecule has 4 nitrogen and oxygen atoms in total. The Hall–Kier alpha value is -1.14. The third-order valence-electron chi connectivity index (χ3n) is 1.95. The Morgan fingerprint density at radius 3 is 2.81 bits per heavy atom. The minimum atomic E-state index is -0.823. The highest BCUT2D eigenvalue weighted by Gasteiger charge is 2.14. The van der Waals surface area contributed by atoms with Crippen LogP contribution in [0.15, 0.2) is 16.6 Å². The van der Waals surface area contributed by atoms with Gasteiger partial charge in [0, 0.05) is 17.6 Å². The number of halogens is 2. The van der Waals surface area contributed by atoms with Gasteiger partial charge in [-0.15, -0.1) is 0 Å². The summed E-state index contributed by atoms with van der Waals surface area (Å²) < 4.78 is 14.0. The smallest absolute Gasteiger partial charge is 0.253 e. The van der Waals surface area contributed by atoms with Gasteiger partial charge in [-0.1, -0.05) is 15.9 Å². The van der Waals surface area contributed by atoms with E-state index in [1.54, 1.807) is 6.07 Å². The molecule has 1 rings (SSSR count). The summed E-state index contributed by atoms with van der Waals surface area (Å²) in [4.78, 5) is 11.1. The normalized spacial score (nSPS) is 10.2. The first kappa shape index (κ1) is 12.9. The van der Waals surface area contributed by atoms with Crippen LogP contribution in [-0.4, -0.2) is 24.2 Å². The minimum absolute atomic E-state index is 0.0232. The van der Waals surface area contributed by atoms with Crippen LogP contribution in [0.25, 0.3) is 0 Å². The van der Waals surface area contributed by atoms with E-state index >= 15 is 0 Å². The lowest BCUT2D eigenvalue weighted by atomic mass is 10.1. The van der Waals surface area contributed by atoms with E-state index < -0.39 is 11.7 Å². The second-order valence-corrected chi connectivity index (χ2v) is 4.09. The summed E-state index contributed by atoms with van der Waals surface area (Å²) >= 11 is 3.12. The number of amides is 1. The third kappa shape index (κ3) is 3.18. The van der Waals surface area contributed by atoms with E-state index in [-0.39, 0.29) is 12.2 Å². The maximum absolute atomic E-state index is 13.5. The van der Waals surface area contributed by atoms with Crippen molar-refractivity contribution in [2.45, 2.75) is 6.42 Å². The van der Waals surface area contributed by atoms with Crippen LogP contribution in [0.4, 0.5) is 10.1 Å².